The van der Waals surface area contributed by atoms with Gasteiger partial charge in [-0.15, -0.1) is 0 Å². The van der Waals surface area contributed by atoms with Crippen LogP contribution >= 0.6 is 0 Å². The smallest absolute Gasteiger partial charge is 0.258 e. The van der Waals surface area contributed by atoms with E-state index in [-0.39, 0.29) is 11.8 Å². The maximum absolute atomic E-state index is 13.5. The Kier molecular flexibility index (Phi) is 5.80. The summed E-state index contributed by atoms with van der Waals surface area (Å²) >= 11 is 0. The van der Waals surface area contributed by atoms with E-state index in [0.717, 1.165) is 42.0 Å². The number of anilines is 2. The van der Waals surface area contributed by atoms with Crippen LogP contribution in [0.15, 0.2) is 66.9 Å². The summed E-state index contributed by atoms with van der Waals surface area (Å²) in [4.78, 5) is 27.7. The van der Waals surface area contributed by atoms with Gasteiger partial charge in [0, 0.05) is 41.8 Å². The number of nitrogens with one attached hydrogen (secondary N) is 1. The summed E-state index contributed by atoms with van der Waals surface area (Å²) in [6, 6.07) is 19.5. The Morgan fingerprint density at radius 2 is 1.66 bits per heavy atom. The van der Waals surface area contributed by atoms with Gasteiger partial charge in [0.05, 0.1) is 6.54 Å². The van der Waals surface area contributed by atoms with E-state index in [1.54, 1.807) is 0 Å². The van der Waals surface area contributed by atoms with Gasteiger partial charge in [0.2, 0.25) is 5.91 Å². The van der Waals surface area contributed by atoms with Crippen LogP contribution in [0.3, 0.4) is 0 Å². The second kappa shape index (κ2) is 9.03. The Morgan fingerprint density at radius 1 is 0.875 bits per heavy atom. The molecule has 2 amide bonds. The highest BCUT2D eigenvalue weighted by Gasteiger charge is 2.24. The molecule has 1 fully saturated rings. The number of hydrogen-bond donors (Lipinski definition) is 1. The van der Waals surface area contributed by atoms with E-state index in [1.807, 2.05) is 53.4 Å². The Labute approximate surface area is 189 Å². The van der Waals surface area contributed by atoms with Crippen LogP contribution in [-0.2, 0) is 17.9 Å². The number of rotatable bonds is 4. The van der Waals surface area contributed by atoms with Gasteiger partial charge in [-0.3, -0.25) is 9.59 Å². The number of para-hydroxylation sites is 1. The number of carbonyl (C=O) groups excluding carboxylic acids is 2. The van der Waals surface area contributed by atoms with Crippen molar-refractivity contribution >= 4 is 23.2 Å². The average Bonchev–Trinajstić information content (AvgIpc) is 3.18. The average molecular weight is 428 g/mol. The molecule has 1 aliphatic heterocycles. The molecule has 2 aromatic carbocycles. The third-order valence-electron chi connectivity index (χ3n) is 6.73. The SMILES string of the molecule is O=C(CC1CCCCC1)Nc1ccc(C(=O)N2Cc3cccn3Cc3ccccc32)cc1. The number of benzene rings is 2. The first-order valence-corrected chi connectivity index (χ1v) is 11.6. The molecule has 1 N–H and O–H groups in total. The largest absolute Gasteiger partial charge is 0.345 e. The number of fused-ring (bicyclic) bond motifs is 2. The first-order chi connectivity index (χ1) is 15.7. The maximum atomic E-state index is 13.5. The lowest BCUT2D eigenvalue weighted by Crippen LogP contribution is -2.30. The number of hydrogen-bond acceptors (Lipinski definition) is 2. The minimum Gasteiger partial charge on any atom is -0.345 e. The zero-order valence-electron chi connectivity index (χ0n) is 18.3. The molecular formula is C27H29N3O2. The monoisotopic (exact) mass is 427 g/mol. The van der Waals surface area contributed by atoms with Crippen molar-refractivity contribution in [3.63, 3.8) is 0 Å². The van der Waals surface area contributed by atoms with E-state index in [0.29, 0.717) is 24.4 Å². The highest BCUT2D eigenvalue weighted by atomic mass is 16.2. The fourth-order valence-corrected chi connectivity index (χ4v) is 4.98. The molecule has 3 aromatic rings. The number of aromatic nitrogens is 1. The fraction of sp³-hybridized carbons (Fsp3) is 0.333. The predicted molar refractivity (Wildman–Crippen MR) is 127 cm³/mol. The van der Waals surface area contributed by atoms with Crippen molar-refractivity contribution in [2.24, 2.45) is 5.92 Å². The normalized spacial score (nSPS) is 16.1. The van der Waals surface area contributed by atoms with Gasteiger partial charge in [0.1, 0.15) is 0 Å². The number of carbonyl (C=O) groups is 2. The molecule has 2 aliphatic rings. The second-order valence-electron chi connectivity index (χ2n) is 8.98. The fourth-order valence-electron chi connectivity index (χ4n) is 4.98. The molecule has 1 aliphatic carbocycles. The molecule has 5 nitrogen and oxygen atoms in total. The topological polar surface area (TPSA) is 54.3 Å². The summed E-state index contributed by atoms with van der Waals surface area (Å²) in [5.74, 6) is 0.539. The quantitative estimate of drug-likeness (QED) is 0.589. The van der Waals surface area contributed by atoms with E-state index in [1.165, 1.54) is 19.3 Å². The molecule has 0 saturated heterocycles. The summed E-state index contributed by atoms with van der Waals surface area (Å²) in [6.07, 6.45) is 8.72. The van der Waals surface area contributed by atoms with E-state index in [9.17, 15) is 9.59 Å². The summed E-state index contributed by atoms with van der Waals surface area (Å²) < 4.78 is 2.19. The van der Waals surface area contributed by atoms with Gasteiger partial charge in [-0.1, -0.05) is 37.5 Å². The Hall–Kier alpha value is -3.34. The molecule has 1 saturated carbocycles. The van der Waals surface area contributed by atoms with Gasteiger partial charge in [-0.2, -0.15) is 0 Å². The molecule has 0 unspecified atom stereocenters. The second-order valence-corrected chi connectivity index (χ2v) is 8.98. The molecule has 0 atom stereocenters. The molecule has 164 valence electrons. The molecular weight excluding hydrogens is 398 g/mol. The summed E-state index contributed by atoms with van der Waals surface area (Å²) in [7, 11) is 0. The molecule has 1 aromatic heterocycles. The van der Waals surface area contributed by atoms with Crippen molar-refractivity contribution < 1.29 is 9.59 Å². The van der Waals surface area contributed by atoms with Crippen molar-refractivity contribution in [1.82, 2.24) is 4.57 Å². The Morgan fingerprint density at radius 3 is 2.47 bits per heavy atom. The Balaban J connectivity index is 1.31. The first kappa shape index (κ1) is 20.6. The zero-order valence-corrected chi connectivity index (χ0v) is 18.3. The first-order valence-electron chi connectivity index (χ1n) is 11.6. The van der Waals surface area contributed by atoms with Gasteiger partial charge in [-0.25, -0.2) is 0 Å². The van der Waals surface area contributed by atoms with Crippen molar-refractivity contribution in [2.45, 2.75) is 51.6 Å². The van der Waals surface area contributed by atoms with Crippen molar-refractivity contribution in [1.29, 1.82) is 0 Å². The highest BCUT2D eigenvalue weighted by molar-refractivity contribution is 6.06. The lowest BCUT2D eigenvalue weighted by molar-refractivity contribution is -0.117. The van der Waals surface area contributed by atoms with Crippen molar-refractivity contribution in [3.8, 4) is 0 Å². The minimum atomic E-state index is -0.0350. The van der Waals surface area contributed by atoms with Crippen LogP contribution in [0, 0.1) is 5.92 Å². The summed E-state index contributed by atoms with van der Waals surface area (Å²) in [5, 5.41) is 3.00. The van der Waals surface area contributed by atoms with Gasteiger partial charge in [0.25, 0.3) is 5.91 Å². The molecule has 0 radical (unpaired) electrons. The van der Waals surface area contributed by atoms with E-state index < -0.39 is 0 Å². The third kappa shape index (κ3) is 4.33. The van der Waals surface area contributed by atoms with Gasteiger partial charge < -0.3 is 14.8 Å². The third-order valence-corrected chi connectivity index (χ3v) is 6.73. The van der Waals surface area contributed by atoms with E-state index in [4.69, 9.17) is 0 Å². The van der Waals surface area contributed by atoms with Crippen LogP contribution in [0.5, 0.6) is 0 Å². The van der Waals surface area contributed by atoms with E-state index >= 15 is 0 Å². The predicted octanol–water partition coefficient (Wildman–Crippen LogP) is 5.61. The summed E-state index contributed by atoms with van der Waals surface area (Å²) in [6.45, 7) is 1.29. The number of nitrogens with zero attached hydrogens (tertiary/aromatic N) is 2. The van der Waals surface area contributed by atoms with Gasteiger partial charge in [0.15, 0.2) is 0 Å². The zero-order chi connectivity index (χ0) is 21.9. The molecule has 32 heavy (non-hydrogen) atoms. The number of amides is 2. The minimum absolute atomic E-state index is 0.0350. The molecule has 5 rings (SSSR count). The summed E-state index contributed by atoms with van der Waals surface area (Å²) in [5.41, 5.74) is 4.55. The maximum Gasteiger partial charge on any atom is 0.258 e. The van der Waals surface area contributed by atoms with Gasteiger partial charge >= 0.3 is 0 Å². The van der Waals surface area contributed by atoms with Crippen LogP contribution in [0.1, 0.15) is 60.1 Å². The van der Waals surface area contributed by atoms with Crippen molar-refractivity contribution in [3.05, 3.63) is 83.7 Å². The standard InChI is InChI=1S/C27H29N3O2/c31-26(17-20-7-2-1-3-8-20)28-23-14-12-21(13-15-23)27(32)30-19-24-10-6-16-29(24)18-22-9-4-5-11-25(22)30/h4-6,9-16,20H,1-3,7-8,17-19H2,(H,28,31). The lowest BCUT2D eigenvalue weighted by Gasteiger charge is -2.23. The van der Waals surface area contributed by atoms with E-state index in [2.05, 4.69) is 28.2 Å². The van der Waals surface area contributed by atoms with Gasteiger partial charge in [-0.05, 0) is 66.8 Å². The van der Waals surface area contributed by atoms with Crippen LogP contribution in [0.25, 0.3) is 0 Å². The molecule has 0 bridgehead atoms. The lowest BCUT2D eigenvalue weighted by atomic mass is 9.87. The van der Waals surface area contributed by atoms with Crippen LogP contribution in [0.2, 0.25) is 0 Å². The highest BCUT2D eigenvalue weighted by Crippen LogP contribution is 2.30. The Bertz CT molecular complexity index is 1110. The molecule has 5 heteroatoms. The van der Waals surface area contributed by atoms with Crippen LogP contribution < -0.4 is 10.2 Å². The van der Waals surface area contributed by atoms with Crippen LogP contribution in [0.4, 0.5) is 11.4 Å². The van der Waals surface area contributed by atoms with Crippen LogP contribution in [-0.4, -0.2) is 16.4 Å². The molecule has 0 spiro atoms. The molecule has 2 heterocycles. The van der Waals surface area contributed by atoms with Crippen molar-refractivity contribution in [2.75, 3.05) is 10.2 Å².